The summed E-state index contributed by atoms with van der Waals surface area (Å²) >= 11 is 2.17. The van der Waals surface area contributed by atoms with Crippen LogP contribution in [0, 0.1) is 3.57 Å². The van der Waals surface area contributed by atoms with Crippen LogP contribution in [0.2, 0.25) is 0 Å². The van der Waals surface area contributed by atoms with Crippen LogP contribution >= 0.6 is 22.6 Å². The summed E-state index contributed by atoms with van der Waals surface area (Å²) in [5, 5.41) is 30.1. The lowest BCUT2D eigenvalue weighted by Crippen LogP contribution is -2.56. The second-order valence-corrected chi connectivity index (χ2v) is 7.91. The molecule has 0 bridgehead atoms. The highest BCUT2D eigenvalue weighted by Gasteiger charge is 2.45. The van der Waals surface area contributed by atoms with E-state index in [-0.39, 0.29) is 12.8 Å². The van der Waals surface area contributed by atoms with Crippen LogP contribution in [0.15, 0.2) is 24.3 Å². The van der Waals surface area contributed by atoms with Crippen molar-refractivity contribution in [3.05, 3.63) is 33.4 Å². The summed E-state index contributed by atoms with van der Waals surface area (Å²) in [6.07, 6.45) is 3.19. The molecule has 5 nitrogen and oxygen atoms in total. The number of hydrogen-bond donors (Lipinski definition) is 3. The number of unbranched alkanes of at least 4 members (excludes halogenated alkanes) is 4. The quantitative estimate of drug-likeness (QED) is 0.301. The van der Waals surface area contributed by atoms with Crippen LogP contribution in [-0.4, -0.2) is 45.2 Å². The van der Waals surface area contributed by atoms with Gasteiger partial charge < -0.3 is 15.3 Å². The summed E-state index contributed by atoms with van der Waals surface area (Å²) in [6.45, 7) is 1.12. The number of benzene rings is 1. The number of halogens is 1. The van der Waals surface area contributed by atoms with E-state index in [2.05, 4.69) is 29.5 Å². The number of carbonyl (C=O) groups is 2. The Hall–Kier alpha value is -0.830. The molecule has 0 aromatic heterocycles. The van der Waals surface area contributed by atoms with Gasteiger partial charge in [0.1, 0.15) is 0 Å². The Kier molecular flexibility index (Phi) is 10.5. The van der Waals surface area contributed by atoms with Crippen molar-refractivity contribution in [2.75, 3.05) is 6.61 Å². The third kappa shape index (κ3) is 7.06. The Morgan fingerprint density at radius 3 is 2.46 bits per heavy atom. The van der Waals surface area contributed by atoms with Crippen molar-refractivity contribution >= 4 is 34.2 Å². The highest BCUT2D eigenvalue weighted by atomic mass is 127. The second kappa shape index (κ2) is 11.8. The first kappa shape index (κ1) is 23.2. The van der Waals surface area contributed by atoms with Gasteiger partial charge in [-0.1, -0.05) is 44.7 Å². The average molecular weight is 476 g/mol. The van der Waals surface area contributed by atoms with Crippen molar-refractivity contribution in [2.45, 2.75) is 70.0 Å². The van der Waals surface area contributed by atoms with Crippen LogP contribution < -0.4 is 0 Å². The molecule has 6 heteroatoms. The number of aryl methyl sites for hydroxylation is 1. The van der Waals surface area contributed by atoms with Crippen molar-refractivity contribution in [3.63, 3.8) is 0 Å². The first-order valence-corrected chi connectivity index (χ1v) is 10.2. The Morgan fingerprint density at radius 2 is 1.85 bits per heavy atom. The zero-order valence-corrected chi connectivity index (χ0v) is 17.4. The van der Waals surface area contributed by atoms with Gasteiger partial charge in [-0.3, -0.25) is 9.59 Å². The molecule has 0 saturated heterocycles. The minimum Gasteiger partial charge on any atom is -0.393 e. The fraction of sp³-hybridized carbons (Fsp3) is 0.600. The molecule has 26 heavy (non-hydrogen) atoms. The Morgan fingerprint density at radius 1 is 1.15 bits per heavy atom. The minimum absolute atomic E-state index is 0.0575. The van der Waals surface area contributed by atoms with E-state index in [1.54, 1.807) is 0 Å². The van der Waals surface area contributed by atoms with Crippen LogP contribution in [0.3, 0.4) is 0 Å². The average Bonchev–Trinajstić information content (AvgIpc) is 2.64. The third-order valence-corrected chi connectivity index (χ3v) is 5.21. The van der Waals surface area contributed by atoms with Gasteiger partial charge in [0.2, 0.25) is 0 Å². The van der Waals surface area contributed by atoms with E-state index in [0.717, 1.165) is 34.8 Å². The molecular formula is C20H29IO5. The van der Waals surface area contributed by atoms with Crippen LogP contribution in [0.25, 0.3) is 0 Å². The van der Waals surface area contributed by atoms with Crippen molar-refractivity contribution in [3.8, 4) is 0 Å². The van der Waals surface area contributed by atoms with Gasteiger partial charge in [-0.05, 0) is 53.1 Å². The van der Waals surface area contributed by atoms with E-state index in [0.29, 0.717) is 12.8 Å². The second-order valence-electron chi connectivity index (χ2n) is 6.67. The molecule has 0 heterocycles. The number of aliphatic hydroxyl groups is 3. The minimum atomic E-state index is -2.43. The number of Topliss-reactive ketones (excluding diaryl/α,β-unsaturated/α-hetero) is 2. The lowest BCUT2D eigenvalue weighted by atomic mass is 9.85. The van der Waals surface area contributed by atoms with E-state index in [1.165, 1.54) is 0 Å². The van der Waals surface area contributed by atoms with E-state index in [1.807, 2.05) is 24.3 Å². The van der Waals surface area contributed by atoms with Crippen LogP contribution in [-0.2, 0) is 16.0 Å². The monoisotopic (exact) mass is 476 g/mol. The summed E-state index contributed by atoms with van der Waals surface area (Å²) < 4.78 is 1.03. The Balaban J connectivity index is 2.60. The van der Waals surface area contributed by atoms with Crippen molar-refractivity contribution in [1.82, 2.24) is 0 Å². The molecule has 0 aliphatic heterocycles. The lowest BCUT2D eigenvalue weighted by molar-refractivity contribution is -0.165. The maximum Gasteiger partial charge on any atom is 0.178 e. The smallest absolute Gasteiger partial charge is 0.178 e. The highest BCUT2D eigenvalue weighted by Crippen LogP contribution is 2.19. The van der Waals surface area contributed by atoms with Crippen LogP contribution in [0.1, 0.15) is 57.4 Å². The van der Waals surface area contributed by atoms with E-state index in [9.17, 15) is 24.9 Å². The largest absolute Gasteiger partial charge is 0.393 e. The summed E-state index contributed by atoms with van der Waals surface area (Å²) in [5.41, 5.74) is -1.51. The normalized spacial score (nSPS) is 14.7. The molecular weight excluding hydrogens is 447 g/mol. The molecule has 0 aliphatic carbocycles. The van der Waals surface area contributed by atoms with Gasteiger partial charge in [-0.2, -0.15) is 0 Å². The van der Waals surface area contributed by atoms with Gasteiger partial charge in [0.05, 0.1) is 6.61 Å². The molecule has 1 aromatic carbocycles. The molecule has 0 fully saturated rings. The van der Waals surface area contributed by atoms with Gasteiger partial charge >= 0.3 is 0 Å². The van der Waals surface area contributed by atoms with Gasteiger partial charge in [-0.25, -0.2) is 0 Å². The van der Waals surface area contributed by atoms with Crippen LogP contribution in [0.4, 0.5) is 0 Å². The SMILES string of the molecule is CCCCCCCC(=O)C(O)C(O)(CO)C(=O)CCc1cccc(I)c1. The fourth-order valence-electron chi connectivity index (χ4n) is 2.80. The predicted octanol–water partition coefficient (Wildman–Crippen LogP) is 2.81. The Labute approximate surface area is 169 Å². The maximum atomic E-state index is 12.4. The molecule has 1 rings (SSSR count). The molecule has 146 valence electrons. The summed E-state index contributed by atoms with van der Waals surface area (Å²) in [6, 6.07) is 7.59. The van der Waals surface area contributed by atoms with Gasteiger partial charge in [0, 0.05) is 16.4 Å². The zero-order chi connectivity index (χ0) is 19.6. The molecule has 3 N–H and O–H groups in total. The van der Waals surface area contributed by atoms with Crippen LogP contribution in [0.5, 0.6) is 0 Å². The molecule has 0 radical (unpaired) electrons. The molecule has 1 aromatic rings. The van der Waals surface area contributed by atoms with Crippen molar-refractivity contribution < 1.29 is 24.9 Å². The van der Waals surface area contributed by atoms with E-state index < -0.39 is 29.9 Å². The summed E-state index contributed by atoms with van der Waals surface area (Å²) in [5.74, 6) is -1.31. The summed E-state index contributed by atoms with van der Waals surface area (Å²) in [7, 11) is 0. The number of aliphatic hydroxyl groups excluding tert-OH is 2. The third-order valence-electron chi connectivity index (χ3n) is 4.54. The number of carbonyl (C=O) groups excluding carboxylic acids is 2. The molecule has 2 atom stereocenters. The fourth-order valence-corrected chi connectivity index (χ4v) is 3.41. The number of ketones is 2. The Bertz CT molecular complexity index is 589. The first-order chi connectivity index (χ1) is 12.3. The molecule has 0 spiro atoms. The highest BCUT2D eigenvalue weighted by molar-refractivity contribution is 14.1. The zero-order valence-electron chi connectivity index (χ0n) is 15.3. The topological polar surface area (TPSA) is 94.8 Å². The lowest BCUT2D eigenvalue weighted by Gasteiger charge is -2.29. The maximum absolute atomic E-state index is 12.4. The van der Waals surface area contributed by atoms with Gasteiger partial charge in [0.15, 0.2) is 23.3 Å². The van der Waals surface area contributed by atoms with Gasteiger partial charge in [0.25, 0.3) is 0 Å². The number of hydrogen-bond acceptors (Lipinski definition) is 5. The first-order valence-electron chi connectivity index (χ1n) is 9.17. The molecule has 0 saturated carbocycles. The molecule has 2 unspecified atom stereocenters. The van der Waals surface area contributed by atoms with E-state index in [4.69, 9.17) is 0 Å². The van der Waals surface area contributed by atoms with Crippen molar-refractivity contribution in [1.29, 1.82) is 0 Å². The number of rotatable bonds is 13. The van der Waals surface area contributed by atoms with E-state index >= 15 is 0 Å². The summed E-state index contributed by atoms with van der Waals surface area (Å²) in [4.78, 5) is 24.5. The molecule has 0 amide bonds. The predicted molar refractivity (Wildman–Crippen MR) is 109 cm³/mol. The standard InChI is InChI=1S/C20H29IO5/c1-2-3-4-5-6-10-17(23)19(25)20(26,14-22)18(24)12-11-15-8-7-9-16(21)13-15/h7-9,13,19,22,25-26H,2-6,10-12,14H2,1H3. The molecule has 0 aliphatic rings. The van der Waals surface area contributed by atoms with Gasteiger partial charge in [-0.15, -0.1) is 0 Å². The van der Waals surface area contributed by atoms with Crippen molar-refractivity contribution in [2.24, 2.45) is 0 Å².